The Kier molecular flexibility index (Phi) is 4.11. The van der Waals surface area contributed by atoms with Crippen LogP contribution in [-0.2, 0) is 0 Å². The zero-order valence-corrected chi connectivity index (χ0v) is 12.1. The molecule has 0 amide bonds. The van der Waals surface area contributed by atoms with Gasteiger partial charge in [-0.2, -0.15) is 0 Å². The summed E-state index contributed by atoms with van der Waals surface area (Å²) >= 11 is -1.65. The van der Waals surface area contributed by atoms with E-state index in [9.17, 15) is 0 Å². The second-order valence-corrected chi connectivity index (χ2v) is 23.2. The average molecular weight is 277 g/mol. The Morgan fingerprint density at radius 1 is 1.08 bits per heavy atom. The van der Waals surface area contributed by atoms with E-state index in [2.05, 4.69) is 56.5 Å². The summed E-state index contributed by atoms with van der Waals surface area (Å²) in [4.78, 5) is 0. The van der Waals surface area contributed by atoms with Gasteiger partial charge in [-0.1, -0.05) is 0 Å². The molecule has 0 aliphatic rings. The van der Waals surface area contributed by atoms with Crippen molar-refractivity contribution < 1.29 is 0 Å². The van der Waals surface area contributed by atoms with E-state index in [0.717, 1.165) is 0 Å². The molecule has 1 aromatic rings. The Labute approximate surface area is 86.0 Å². The van der Waals surface area contributed by atoms with Crippen LogP contribution in [0.15, 0.2) is 36.4 Å². The summed E-state index contributed by atoms with van der Waals surface area (Å²) < 4.78 is 8.76. The summed E-state index contributed by atoms with van der Waals surface area (Å²) in [5.41, 5.74) is 1.32. The molecule has 0 N–H and O–H groups in total. The SMILES string of the molecule is [CH3][In-]([CH3])([CH3])[CH2]/C=C/c1ccccc1. The third-order valence-electron chi connectivity index (χ3n) is 1.95. The van der Waals surface area contributed by atoms with Gasteiger partial charge < -0.3 is 0 Å². The monoisotopic (exact) mass is 277 g/mol. The molecule has 70 valence electrons. The predicted molar refractivity (Wildman–Crippen MR) is 63.6 cm³/mol. The van der Waals surface area contributed by atoms with E-state index in [1.54, 1.807) is 0 Å². The number of benzene rings is 1. The normalized spacial score (nSPS) is 12.2. The van der Waals surface area contributed by atoms with Gasteiger partial charge in [-0.05, 0) is 0 Å². The minimum atomic E-state index is -1.65. The fraction of sp³-hybridized carbons (Fsp3) is 0.333. The fourth-order valence-corrected chi connectivity index (χ4v) is 3.90. The molecule has 0 atom stereocenters. The third kappa shape index (κ3) is 5.20. The van der Waals surface area contributed by atoms with E-state index >= 15 is 0 Å². The summed E-state index contributed by atoms with van der Waals surface area (Å²) in [6, 6.07) is 10.5. The predicted octanol–water partition coefficient (Wildman–Crippen LogP) is 4.04. The molecule has 0 aliphatic heterocycles. The van der Waals surface area contributed by atoms with Gasteiger partial charge in [0.05, 0.1) is 0 Å². The molecule has 0 heterocycles. The maximum absolute atomic E-state index is 2.47. The van der Waals surface area contributed by atoms with Gasteiger partial charge in [0.1, 0.15) is 0 Å². The van der Waals surface area contributed by atoms with Gasteiger partial charge in [-0.25, -0.2) is 0 Å². The summed E-state index contributed by atoms with van der Waals surface area (Å²) in [6.45, 7) is 0. The van der Waals surface area contributed by atoms with Crippen LogP contribution in [0.25, 0.3) is 6.08 Å². The number of allylic oxidation sites excluding steroid dienone is 1. The van der Waals surface area contributed by atoms with Crippen LogP contribution in [0.2, 0.25) is 18.2 Å². The van der Waals surface area contributed by atoms with Crippen molar-refractivity contribution in [3.63, 3.8) is 0 Å². The molecule has 1 aromatic carbocycles. The van der Waals surface area contributed by atoms with Crippen molar-refractivity contribution in [3.05, 3.63) is 42.0 Å². The van der Waals surface area contributed by atoms with E-state index in [4.69, 9.17) is 0 Å². The molecule has 0 nitrogen and oxygen atoms in total. The first-order valence-corrected chi connectivity index (χ1v) is 17.3. The van der Waals surface area contributed by atoms with Crippen molar-refractivity contribution in [2.24, 2.45) is 0 Å². The summed E-state index contributed by atoms with van der Waals surface area (Å²) in [6.07, 6.45) is 4.58. The van der Waals surface area contributed by atoms with Crippen LogP contribution >= 0.6 is 0 Å². The first-order valence-electron chi connectivity index (χ1n) is 5.08. The standard InChI is InChI=1S/C9H9.3CH3.In/c1-2-6-9-7-4-3-5-8-9;;;;/h2-8H,1H2;3*1H3;/q;;;;-1/b6-2+;;;;. The van der Waals surface area contributed by atoms with Crippen LogP contribution in [-0.4, -0.2) is 20.0 Å². The van der Waals surface area contributed by atoms with Gasteiger partial charge in [-0.3, -0.25) is 0 Å². The zero-order chi connectivity index (χ0) is 9.73. The molecule has 0 fully saturated rings. The summed E-state index contributed by atoms with van der Waals surface area (Å²) in [5, 5.41) is 0. The maximum atomic E-state index is 2.47. The van der Waals surface area contributed by atoms with Gasteiger partial charge in [0.15, 0.2) is 0 Å². The Bertz CT molecular complexity index is 267. The summed E-state index contributed by atoms with van der Waals surface area (Å²) in [5.74, 6) is 0. The number of hydrogen-bond donors (Lipinski definition) is 0. The molecule has 0 aliphatic carbocycles. The molecule has 0 spiro atoms. The van der Waals surface area contributed by atoms with Gasteiger partial charge in [-0.15, -0.1) is 0 Å². The first kappa shape index (κ1) is 10.9. The van der Waals surface area contributed by atoms with Crippen molar-refractivity contribution >= 4 is 26.0 Å². The molecule has 1 rings (SSSR count). The molecule has 0 unspecified atom stereocenters. The number of hydrogen-bond acceptors (Lipinski definition) is 0. The third-order valence-corrected chi connectivity index (χ3v) is 6.77. The Morgan fingerprint density at radius 2 is 1.69 bits per heavy atom. The van der Waals surface area contributed by atoms with E-state index in [0.29, 0.717) is 0 Å². The zero-order valence-electron chi connectivity index (χ0n) is 8.83. The van der Waals surface area contributed by atoms with Crippen LogP contribution in [0.4, 0.5) is 0 Å². The fourth-order valence-electron chi connectivity index (χ4n) is 1.18. The Hall–Kier alpha value is -0.170. The second kappa shape index (κ2) is 4.90. The van der Waals surface area contributed by atoms with Gasteiger partial charge in [0.25, 0.3) is 0 Å². The Balaban J connectivity index is 2.51. The van der Waals surface area contributed by atoms with Gasteiger partial charge in [0, 0.05) is 0 Å². The second-order valence-electron chi connectivity index (χ2n) is 5.01. The molecule has 0 aromatic heterocycles. The molecule has 0 bridgehead atoms. The van der Waals surface area contributed by atoms with Gasteiger partial charge in [0.2, 0.25) is 0 Å². The van der Waals surface area contributed by atoms with Crippen LogP contribution < -0.4 is 0 Å². The van der Waals surface area contributed by atoms with Crippen LogP contribution in [0, 0.1) is 0 Å². The molecule has 0 radical (unpaired) electrons. The van der Waals surface area contributed by atoms with Crippen molar-refractivity contribution in [1.82, 2.24) is 0 Å². The molecular weight excluding hydrogens is 259 g/mol. The van der Waals surface area contributed by atoms with Crippen LogP contribution in [0.3, 0.4) is 0 Å². The minimum absolute atomic E-state index is 1.32. The van der Waals surface area contributed by atoms with Crippen LogP contribution in [0.1, 0.15) is 5.56 Å². The van der Waals surface area contributed by atoms with E-state index < -0.39 is 20.0 Å². The Morgan fingerprint density at radius 3 is 2.23 bits per heavy atom. The van der Waals surface area contributed by atoms with Crippen molar-refractivity contribution in [2.75, 3.05) is 0 Å². The number of rotatable bonds is 3. The topological polar surface area (TPSA) is 0 Å². The van der Waals surface area contributed by atoms with Gasteiger partial charge >= 0.3 is 86.2 Å². The van der Waals surface area contributed by atoms with Crippen LogP contribution in [0.5, 0.6) is 0 Å². The molecule has 1 heteroatoms. The van der Waals surface area contributed by atoms with E-state index in [1.807, 2.05) is 0 Å². The van der Waals surface area contributed by atoms with E-state index in [1.165, 1.54) is 9.74 Å². The van der Waals surface area contributed by atoms with Crippen molar-refractivity contribution in [1.29, 1.82) is 0 Å². The first-order chi connectivity index (χ1) is 6.08. The molecular formula is C12H18In-. The summed E-state index contributed by atoms with van der Waals surface area (Å²) in [7, 11) is 0. The van der Waals surface area contributed by atoms with E-state index in [-0.39, 0.29) is 0 Å². The quantitative estimate of drug-likeness (QED) is 0.782. The average Bonchev–Trinajstić information content (AvgIpc) is 2.04. The van der Waals surface area contributed by atoms with Crippen molar-refractivity contribution in [2.45, 2.75) is 18.2 Å². The molecule has 0 saturated carbocycles. The molecule has 13 heavy (non-hydrogen) atoms. The molecule has 0 saturated heterocycles. The van der Waals surface area contributed by atoms with Crippen molar-refractivity contribution in [3.8, 4) is 0 Å².